The molecule has 0 bridgehead atoms. The molecule has 0 unspecified atom stereocenters. The second-order valence-corrected chi connectivity index (χ2v) is 6.53. The number of benzene rings is 2. The summed E-state index contributed by atoms with van der Waals surface area (Å²) in [7, 11) is 2.96. The predicted molar refractivity (Wildman–Crippen MR) is 93.8 cm³/mol. The standard InChI is InChI=1S/C20H22O5/c1-10-11(2)20(23)14-9-18(25-4)16(22)8-13(14)19(10)12-5-6-15(21)17(7-12)24-3/h5-11,19,21-22H,1-4H3/t10-,11+,19-/m1/s1. The third kappa shape index (κ3) is 2.69. The third-order valence-electron chi connectivity index (χ3n) is 5.24. The number of carbonyl (C=O) groups is 1. The van der Waals surface area contributed by atoms with Gasteiger partial charge in [-0.3, -0.25) is 4.79 Å². The Balaban J connectivity index is 2.22. The molecular weight excluding hydrogens is 320 g/mol. The summed E-state index contributed by atoms with van der Waals surface area (Å²) in [5.74, 6) is 0.540. The van der Waals surface area contributed by atoms with Crippen LogP contribution >= 0.6 is 0 Å². The molecule has 0 amide bonds. The van der Waals surface area contributed by atoms with Crippen LogP contribution in [-0.2, 0) is 0 Å². The van der Waals surface area contributed by atoms with E-state index >= 15 is 0 Å². The van der Waals surface area contributed by atoms with Crippen molar-refractivity contribution in [2.75, 3.05) is 14.2 Å². The number of aromatic hydroxyl groups is 2. The molecule has 0 fully saturated rings. The molecular formula is C20H22O5. The van der Waals surface area contributed by atoms with Gasteiger partial charge in [0.25, 0.3) is 0 Å². The molecule has 0 radical (unpaired) electrons. The first-order valence-corrected chi connectivity index (χ1v) is 8.21. The van der Waals surface area contributed by atoms with E-state index in [4.69, 9.17) is 9.47 Å². The van der Waals surface area contributed by atoms with Crippen LogP contribution in [0.5, 0.6) is 23.0 Å². The molecule has 2 N–H and O–H groups in total. The van der Waals surface area contributed by atoms with E-state index in [2.05, 4.69) is 0 Å². The maximum atomic E-state index is 12.8. The summed E-state index contributed by atoms with van der Waals surface area (Å²) in [5, 5.41) is 20.1. The maximum absolute atomic E-state index is 12.8. The highest BCUT2D eigenvalue weighted by atomic mass is 16.5. The highest BCUT2D eigenvalue weighted by molar-refractivity contribution is 6.01. The first-order valence-electron chi connectivity index (χ1n) is 8.21. The fraction of sp³-hybridized carbons (Fsp3) is 0.350. The van der Waals surface area contributed by atoms with Crippen molar-refractivity contribution >= 4 is 5.78 Å². The molecule has 0 saturated carbocycles. The van der Waals surface area contributed by atoms with Gasteiger partial charge in [-0.25, -0.2) is 0 Å². The number of fused-ring (bicyclic) bond motifs is 1. The largest absolute Gasteiger partial charge is 0.504 e. The zero-order valence-corrected chi connectivity index (χ0v) is 14.7. The second-order valence-electron chi connectivity index (χ2n) is 6.53. The van der Waals surface area contributed by atoms with Gasteiger partial charge in [0.2, 0.25) is 0 Å². The van der Waals surface area contributed by atoms with E-state index in [9.17, 15) is 15.0 Å². The number of methoxy groups -OCH3 is 2. The van der Waals surface area contributed by atoms with E-state index in [0.717, 1.165) is 11.1 Å². The van der Waals surface area contributed by atoms with E-state index in [1.165, 1.54) is 14.2 Å². The summed E-state index contributed by atoms with van der Waals surface area (Å²) in [6.45, 7) is 3.94. The molecule has 5 nitrogen and oxygen atoms in total. The molecule has 0 aromatic heterocycles. The van der Waals surface area contributed by atoms with Crippen molar-refractivity contribution in [3.05, 3.63) is 47.0 Å². The summed E-state index contributed by atoms with van der Waals surface area (Å²) in [6, 6.07) is 8.42. The monoisotopic (exact) mass is 342 g/mol. The van der Waals surface area contributed by atoms with E-state index < -0.39 is 0 Å². The number of phenolic OH excluding ortho intramolecular Hbond substituents is 2. The van der Waals surface area contributed by atoms with Gasteiger partial charge in [0.1, 0.15) is 0 Å². The minimum absolute atomic E-state index is 0.00606. The van der Waals surface area contributed by atoms with Crippen molar-refractivity contribution in [2.45, 2.75) is 19.8 Å². The Kier molecular flexibility index (Phi) is 4.33. The molecule has 0 spiro atoms. The van der Waals surface area contributed by atoms with Crippen molar-refractivity contribution in [3.8, 4) is 23.0 Å². The third-order valence-corrected chi connectivity index (χ3v) is 5.24. The molecule has 0 heterocycles. The lowest BCUT2D eigenvalue weighted by Gasteiger charge is -2.36. The van der Waals surface area contributed by atoms with Crippen LogP contribution in [0, 0.1) is 11.8 Å². The molecule has 3 atom stereocenters. The first-order chi connectivity index (χ1) is 11.9. The van der Waals surface area contributed by atoms with Crippen LogP contribution in [0.1, 0.15) is 41.3 Å². The number of hydrogen-bond acceptors (Lipinski definition) is 5. The van der Waals surface area contributed by atoms with E-state index in [0.29, 0.717) is 11.3 Å². The van der Waals surface area contributed by atoms with Crippen LogP contribution in [0.3, 0.4) is 0 Å². The van der Waals surface area contributed by atoms with Gasteiger partial charge in [-0.05, 0) is 41.3 Å². The highest BCUT2D eigenvalue weighted by Crippen LogP contribution is 2.47. The SMILES string of the molecule is COc1cc([C@@H]2c3cc(O)c(OC)cc3C(=O)[C@@H](C)[C@H]2C)ccc1O. The van der Waals surface area contributed by atoms with Gasteiger partial charge in [-0.1, -0.05) is 19.9 Å². The average Bonchev–Trinajstić information content (AvgIpc) is 2.61. The average molecular weight is 342 g/mol. The number of ketones is 1. The van der Waals surface area contributed by atoms with Gasteiger partial charge in [0.05, 0.1) is 14.2 Å². The first kappa shape index (κ1) is 17.1. The van der Waals surface area contributed by atoms with Crippen LogP contribution < -0.4 is 9.47 Å². The summed E-state index contributed by atoms with van der Waals surface area (Å²) in [6.07, 6.45) is 0. The lowest BCUT2D eigenvalue weighted by Crippen LogP contribution is -2.32. The molecule has 5 heteroatoms. The fourth-order valence-electron chi connectivity index (χ4n) is 3.65. The molecule has 1 aliphatic rings. The quantitative estimate of drug-likeness (QED) is 0.889. The van der Waals surface area contributed by atoms with Crippen LogP contribution in [0.4, 0.5) is 0 Å². The summed E-state index contributed by atoms with van der Waals surface area (Å²) >= 11 is 0. The topological polar surface area (TPSA) is 76.0 Å². The lowest BCUT2D eigenvalue weighted by molar-refractivity contribution is 0.0865. The van der Waals surface area contributed by atoms with E-state index in [1.54, 1.807) is 24.3 Å². The normalized spacial score (nSPS) is 22.4. The van der Waals surface area contributed by atoms with Crippen LogP contribution in [-0.4, -0.2) is 30.2 Å². The molecule has 3 rings (SSSR count). The van der Waals surface area contributed by atoms with Crippen LogP contribution in [0.25, 0.3) is 0 Å². The van der Waals surface area contributed by atoms with Gasteiger partial charge in [-0.15, -0.1) is 0 Å². The molecule has 1 aliphatic carbocycles. The zero-order chi connectivity index (χ0) is 18.3. The lowest BCUT2D eigenvalue weighted by atomic mass is 9.67. The highest BCUT2D eigenvalue weighted by Gasteiger charge is 2.39. The molecule has 2 aromatic rings. The van der Waals surface area contributed by atoms with Crippen LogP contribution in [0.15, 0.2) is 30.3 Å². The zero-order valence-electron chi connectivity index (χ0n) is 14.7. The Morgan fingerprint density at radius 1 is 0.920 bits per heavy atom. The van der Waals surface area contributed by atoms with Gasteiger partial charge < -0.3 is 19.7 Å². The number of hydrogen-bond donors (Lipinski definition) is 2. The predicted octanol–water partition coefficient (Wildman–Crippen LogP) is 3.72. The van der Waals surface area contributed by atoms with Gasteiger partial charge in [0.15, 0.2) is 28.8 Å². The number of Topliss-reactive ketones (excluding diaryl/α,β-unsaturated/α-hetero) is 1. The van der Waals surface area contributed by atoms with Gasteiger partial charge in [-0.2, -0.15) is 0 Å². The molecule has 0 saturated heterocycles. The molecule has 2 aromatic carbocycles. The fourth-order valence-corrected chi connectivity index (χ4v) is 3.65. The number of rotatable bonds is 3. The smallest absolute Gasteiger partial charge is 0.166 e. The Hall–Kier alpha value is -2.69. The summed E-state index contributed by atoms with van der Waals surface area (Å²) in [4.78, 5) is 12.8. The Bertz CT molecular complexity index is 827. The minimum atomic E-state index is -0.174. The van der Waals surface area contributed by atoms with E-state index in [-0.39, 0.29) is 40.8 Å². The summed E-state index contributed by atoms with van der Waals surface area (Å²) < 4.78 is 10.4. The van der Waals surface area contributed by atoms with Gasteiger partial charge >= 0.3 is 0 Å². The second kappa shape index (κ2) is 6.31. The van der Waals surface area contributed by atoms with Crippen molar-refractivity contribution in [1.29, 1.82) is 0 Å². The summed E-state index contributed by atoms with van der Waals surface area (Å²) in [5.41, 5.74) is 2.26. The molecule has 132 valence electrons. The van der Waals surface area contributed by atoms with Gasteiger partial charge in [0, 0.05) is 17.4 Å². The Morgan fingerprint density at radius 2 is 1.56 bits per heavy atom. The number of ether oxygens (including phenoxy) is 2. The maximum Gasteiger partial charge on any atom is 0.166 e. The van der Waals surface area contributed by atoms with Crippen molar-refractivity contribution in [2.24, 2.45) is 11.8 Å². The number of phenols is 2. The number of carbonyl (C=O) groups excluding carboxylic acids is 1. The Morgan fingerprint density at radius 3 is 2.20 bits per heavy atom. The van der Waals surface area contributed by atoms with Crippen molar-refractivity contribution in [1.82, 2.24) is 0 Å². The van der Waals surface area contributed by atoms with Crippen molar-refractivity contribution in [3.63, 3.8) is 0 Å². The molecule has 25 heavy (non-hydrogen) atoms. The van der Waals surface area contributed by atoms with E-state index in [1.807, 2.05) is 19.9 Å². The Labute approximate surface area is 146 Å². The van der Waals surface area contributed by atoms with Crippen molar-refractivity contribution < 1.29 is 24.5 Å². The molecule has 0 aliphatic heterocycles. The van der Waals surface area contributed by atoms with Crippen LogP contribution in [0.2, 0.25) is 0 Å². The minimum Gasteiger partial charge on any atom is -0.504 e.